The van der Waals surface area contributed by atoms with Gasteiger partial charge >= 0.3 is 6.18 Å². The van der Waals surface area contributed by atoms with Gasteiger partial charge < -0.3 is 14.5 Å². The Balaban J connectivity index is 1.60. The molecular weight excluding hydrogens is 325 g/mol. The summed E-state index contributed by atoms with van der Waals surface area (Å²) in [6.45, 7) is 3.00. The van der Waals surface area contributed by atoms with E-state index in [1.165, 1.54) is 0 Å². The lowest BCUT2D eigenvalue weighted by Crippen LogP contribution is -2.51. The van der Waals surface area contributed by atoms with Crippen molar-refractivity contribution in [1.29, 1.82) is 0 Å². The second-order valence-corrected chi connectivity index (χ2v) is 5.94. The maximum absolute atomic E-state index is 12.7. The zero-order valence-corrected chi connectivity index (χ0v) is 13.1. The molecule has 1 aromatic heterocycles. The third-order valence-corrected chi connectivity index (χ3v) is 4.38. The van der Waals surface area contributed by atoms with E-state index in [9.17, 15) is 18.0 Å². The van der Waals surface area contributed by atoms with Crippen molar-refractivity contribution < 1.29 is 22.7 Å². The largest absolute Gasteiger partial charge is 0.433 e. The SMILES string of the molecule is O=C(C1CCOCC1)N1CCN(c2nccc(C(F)(F)F)n2)CC1. The molecule has 0 bridgehead atoms. The molecule has 1 aromatic rings. The lowest BCUT2D eigenvalue weighted by atomic mass is 9.98. The van der Waals surface area contributed by atoms with Gasteiger partial charge in [-0.3, -0.25) is 4.79 Å². The van der Waals surface area contributed by atoms with Gasteiger partial charge in [0, 0.05) is 51.5 Å². The van der Waals surface area contributed by atoms with Crippen LogP contribution in [0.15, 0.2) is 12.3 Å². The number of alkyl halides is 3. The van der Waals surface area contributed by atoms with Crippen molar-refractivity contribution in [1.82, 2.24) is 14.9 Å². The third kappa shape index (κ3) is 3.77. The molecule has 0 saturated carbocycles. The second kappa shape index (κ2) is 6.92. The fourth-order valence-corrected chi connectivity index (χ4v) is 2.99. The van der Waals surface area contributed by atoms with E-state index in [-0.39, 0.29) is 17.8 Å². The Labute approximate surface area is 137 Å². The molecule has 9 heteroatoms. The van der Waals surface area contributed by atoms with E-state index in [1.54, 1.807) is 9.80 Å². The van der Waals surface area contributed by atoms with Crippen molar-refractivity contribution >= 4 is 11.9 Å². The van der Waals surface area contributed by atoms with Gasteiger partial charge in [-0.25, -0.2) is 9.97 Å². The highest BCUT2D eigenvalue weighted by molar-refractivity contribution is 5.79. The monoisotopic (exact) mass is 344 g/mol. The highest BCUT2D eigenvalue weighted by atomic mass is 19.4. The molecule has 1 amide bonds. The van der Waals surface area contributed by atoms with Gasteiger partial charge in [0.2, 0.25) is 11.9 Å². The van der Waals surface area contributed by atoms with Crippen molar-refractivity contribution in [3.8, 4) is 0 Å². The number of nitrogens with zero attached hydrogens (tertiary/aromatic N) is 4. The van der Waals surface area contributed by atoms with Gasteiger partial charge in [-0.15, -0.1) is 0 Å². The molecule has 24 heavy (non-hydrogen) atoms. The zero-order valence-electron chi connectivity index (χ0n) is 13.1. The van der Waals surface area contributed by atoms with Crippen LogP contribution in [0.2, 0.25) is 0 Å². The number of carbonyl (C=O) groups excluding carboxylic acids is 1. The normalized spacial score (nSPS) is 20.3. The first-order chi connectivity index (χ1) is 11.4. The Hall–Kier alpha value is -1.90. The quantitative estimate of drug-likeness (QED) is 0.815. The summed E-state index contributed by atoms with van der Waals surface area (Å²) in [5.41, 5.74) is -0.951. The van der Waals surface area contributed by atoms with E-state index in [4.69, 9.17) is 4.74 Å². The highest BCUT2D eigenvalue weighted by Crippen LogP contribution is 2.28. The summed E-state index contributed by atoms with van der Waals surface area (Å²) in [4.78, 5) is 23.4. The average molecular weight is 344 g/mol. The maximum Gasteiger partial charge on any atom is 0.433 e. The molecule has 0 radical (unpaired) electrons. The van der Waals surface area contributed by atoms with E-state index >= 15 is 0 Å². The summed E-state index contributed by atoms with van der Waals surface area (Å²) >= 11 is 0. The fourth-order valence-electron chi connectivity index (χ4n) is 2.99. The summed E-state index contributed by atoms with van der Waals surface area (Å²) in [5, 5.41) is 0. The molecule has 0 N–H and O–H groups in total. The van der Waals surface area contributed by atoms with Gasteiger partial charge in [-0.1, -0.05) is 0 Å². The van der Waals surface area contributed by atoms with Crippen LogP contribution in [-0.2, 0) is 15.7 Å². The number of halogens is 3. The summed E-state index contributed by atoms with van der Waals surface area (Å²) in [5.74, 6) is 0.168. The number of hydrogen-bond donors (Lipinski definition) is 0. The summed E-state index contributed by atoms with van der Waals surface area (Å²) in [7, 11) is 0. The van der Waals surface area contributed by atoms with Crippen molar-refractivity contribution in [3.63, 3.8) is 0 Å². The Morgan fingerprint density at radius 1 is 1.17 bits per heavy atom. The number of carbonyl (C=O) groups is 1. The molecule has 132 valence electrons. The topological polar surface area (TPSA) is 58.6 Å². The van der Waals surface area contributed by atoms with Crippen LogP contribution in [0, 0.1) is 5.92 Å². The maximum atomic E-state index is 12.7. The molecule has 3 heterocycles. The standard InChI is InChI=1S/C15H19F3N4O2/c16-15(17,18)12-1-4-19-14(20-12)22-7-5-21(6-8-22)13(23)11-2-9-24-10-3-11/h1,4,11H,2-3,5-10H2. The van der Waals surface area contributed by atoms with Crippen LogP contribution in [0.3, 0.4) is 0 Å². The molecule has 6 nitrogen and oxygen atoms in total. The molecule has 3 rings (SSSR count). The van der Waals surface area contributed by atoms with Crippen LogP contribution in [0.4, 0.5) is 19.1 Å². The lowest BCUT2D eigenvalue weighted by Gasteiger charge is -2.37. The minimum Gasteiger partial charge on any atom is -0.381 e. The van der Waals surface area contributed by atoms with E-state index in [1.807, 2.05) is 0 Å². The third-order valence-electron chi connectivity index (χ3n) is 4.38. The van der Waals surface area contributed by atoms with Gasteiger partial charge in [0.05, 0.1) is 0 Å². The Morgan fingerprint density at radius 3 is 2.46 bits per heavy atom. The van der Waals surface area contributed by atoms with E-state index in [0.29, 0.717) is 39.4 Å². The smallest absolute Gasteiger partial charge is 0.381 e. The Bertz CT molecular complexity index is 582. The molecular formula is C15H19F3N4O2. The molecule has 2 aliphatic rings. The van der Waals surface area contributed by atoms with Crippen molar-refractivity contribution in [2.24, 2.45) is 5.92 Å². The molecule has 0 unspecified atom stereocenters. The number of anilines is 1. The van der Waals surface area contributed by atoms with Crippen LogP contribution >= 0.6 is 0 Å². The summed E-state index contributed by atoms with van der Waals surface area (Å²) in [6.07, 6.45) is -1.91. The van der Waals surface area contributed by atoms with Crippen molar-refractivity contribution in [2.75, 3.05) is 44.3 Å². The molecule has 0 spiro atoms. The van der Waals surface area contributed by atoms with E-state index < -0.39 is 11.9 Å². The molecule has 2 saturated heterocycles. The van der Waals surface area contributed by atoms with Gasteiger partial charge in [-0.05, 0) is 18.9 Å². The zero-order chi connectivity index (χ0) is 17.2. The van der Waals surface area contributed by atoms with Crippen LogP contribution in [0.25, 0.3) is 0 Å². The number of rotatable bonds is 2. The van der Waals surface area contributed by atoms with E-state index in [2.05, 4.69) is 9.97 Å². The highest BCUT2D eigenvalue weighted by Gasteiger charge is 2.34. The van der Waals surface area contributed by atoms with Crippen LogP contribution < -0.4 is 4.90 Å². The minimum atomic E-state index is -4.49. The molecule has 2 aliphatic heterocycles. The predicted octanol–water partition coefficient (Wildman–Crippen LogP) is 1.57. The molecule has 0 aliphatic carbocycles. The van der Waals surface area contributed by atoms with Gasteiger partial charge in [0.15, 0.2) is 0 Å². The number of aromatic nitrogens is 2. The Kier molecular flexibility index (Phi) is 4.88. The van der Waals surface area contributed by atoms with Gasteiger partial charge in [0.1, 0.15) is 5.69 Å². The predicted molar refractivity (Wildman–Crippen MR) is 79.4 cm³/mol. The summed E-state index contributed by atoms with van der Waals surface area (Å²) in [6, 6.07) is 0.856. The first kappa shape index (κ1) is 16.9. The number of hydrogen-bond acceptors (Lipinski definition) is 5. The molecule has 0 aromatic carbocycles. The van der Waals surface area contributed by atoms with Crippen molar-refractivity contribution in [3.05, 3.63) is 18.0 Å². The number of piperazine rings is 1. The van der Waals surface area contributed by atoms with Crippen LogP contribution in [0.5, 0.6) is 0 Å². The van der Waals surface area contributed by atoms with Gasteiger partial charge in [-0.2, -0.15) is 13.2 Å². The summed E-state index contributed by atoms with van der Waals surface area (Å²) < 4.78 is 43.5. The first-order valence-corrected chi connectivity index (χ1v) is 7.97. The number of ether oxygens (including phenoxy) is 1. The fraction of sp³-hybridized carbons (Fsp3) is 0.667. The van der Waals surface area contributed by atoms with Crippen LogP contribution in [-0.4, -0.2) is 60.2 Å². The second-order valence-electron chi connectivity index (χ2n) is 5.94. The molecule has 0 atom stereocenters. The first-order valence-electron chi connectivity index (χ1n) is 7.97. The van der Waals surface area contributed by atoms with Crippen molar-refractivity contribution in [2.45, 2.75) is 19.0 Å². The minimum absolute atomic E-state index is 0.00453. The lowest BCUT2D eigenvalue weighted by molar-refractivity contribution is -0.141. The molecule has 2 fully saturated rings. The average Bonchev–Trinajstić information content (AvgIpc) is 2.61. The van der Waals surface area contributed by atoms with Crippen LogP contribution in [0.1, 0.15) is 18.5 Å². The van der Waals surface area contributed by atoms with E-state index in [0.717, 1.165) is 25.1 Å². The Morgan fingerprint density at radius 2 is 1.83 bits per heavy atom. The van der Waals surface area contributed by atoms with Gasteiger partial charge in [0.25, 0.3) is 0 Å². The number of amides is 1.